The van der Waals surface area contributed by atoms with Gasteiger partial charge in [-0.15, -0.1) is 0 Å². The quantitative estimate of drug-likeness (QED) is 0.830. The molecule has 0 unspecified atom stereocenters. The molecule has 5 heteroatoms. The molecule has 86 valence electrons. The Morgan fingerprint density at radius 3 is 2.50 bits per heavy atom. The van der Waals surface area contributed by atoms with Gasteiger partial charge in [0, 0.05) is 22.2 Å². The number of amides is 1. The summed E-state index contributed by atoms with van der Waals surface area (Å²) in [5.41, 5.74) is 3.55. The zero-order valence-corrected chi connectivity index (χ0v) is 10.9. The predicted molar refractivity (Wildman–Crippen MR) is 69.0 cm³/mol. The second-order valence-corrected chi connectivity index (χ2v) is 4.79. The topological polar surface area (TPSA) is 41.6 Å². The van der Waals surface area contributed by atoms with E-state index in [-0.39, 0.29) is 5.91 Å². The zero-order chi connectivity index (χ0) is 11.4. The first-order valence-corrected chi connectivity index (χ1v) is 6.23. The highest BCUT2D eigenvalue weighted by atomic mass is 127. The molecule has 0 bridgehead atoms. The molecule has 0 aliphatic carbocycles. The van der Waals surface area contributed by atoms with Crippen LogP contribution in [0.1, 0.15) is 10.4 Å². The van der Waals surface area contributed by atoms with Crippen molar-refractivity contribution in [2.45, 2.75) is 0 Å². The minimum atomic E-state index is -0.0571. The minimum absolute atomic E-state index is 0.0571. The van der Waals surface area contributed by atoms with Crippen molar-refractivity contribution in [3.8, 4) is 0 Å². The van der Waals surface area contributed by atoms with Crippen molar-refractivity contribution in [1.82, 2.24) is 10.4 Å². The molecule has 1 N–H and O–H groups in total. The van der Waals surface area contributed by atoms with Gasteiger partial charge in [0.1, 0.15) is 0 Å². The second-order valence-electron chi connectivity index (χ2n) is 3.55. The molecule has 1 heterocycles. The summed E-state index contributed by atoms with van der Waals surface area (Å²) in [6.45, 7) is 2.84. The highest BCUT2D eigenvalue weighted by Crippen LogP contribution is 2.07. The van der Waals surface area contributed by atoms with Crippen molar-refractivity contribution in [2.75, 3.05) is 26.3 Å². The van der Waals surface area contributed by atoms with E-state index in [0.717, 1.165) is 16.7 Å². The molecule has 2 rings (SSSR count). The summed E-state index contributed by atoms with van der Waals surface area (Å²) in [4.78, 5) is 11.8. The van der Waals surface area contributed by atoms with E-state index in [1.54, 1.807) is 0 Å². The average molecular weight is 332 g/mol. The van der Waals surface area contributed by atoms with Crippen LogP contribution in [0.5, 0.6) is 0 Å². The van der Waals surface area contributed by atoms with Crippen LogP contribution in [-0.2, 0) is 4.74 Å². The minimum Gasteiger partial charge on any atom is -0.379 e. The Morgan fingerprint density at radius 2 is 1.88 bits per heavy atom. The van der Waals surface area contributed by atoms with E-state index in [1.807, 2.05) is 29.3 Å². The van der Waals surface area contributed by atoms with Gasteiger partial charge in [-0.2, -0.15) is 0 Å². The third-order valence-electron chi connectivity index (χ3n) is 2.38. The molecule has 1 aromatic carbocycles. The Labute approximate surface area is 108 Å². The van der Waals surface area contributed by atoms with E-state index >= 15 is 0 Å². The van der Waals surface area contributed by atoms with Gasteiger partial charge in [-0.1, -0.05) is 0 Å². The lowest BCUT2D eigenvalue weighted by atomic mass is 10.2. The van der Waals surface area contributed by atoms with Gasteiger partial charge in [0.05, 0.1) is 13.2 Å². The molecule has 0 atom stereocenters. The van der Waals surface area contributed by atoms with Gasteiger partial charge in [-0.05, 0) is 46.9 Å². The van der Waals surface area contributed by atoms with E-state index < -0.39 is 0 Å². The van der Waals surface area contributed by atoms with E-state index in [2.05, 4.69) is 28.0 Å². The van der Waals surface area contributed by atoms with Crippen LogP contribution in [-0.4, -0.2) is 37.2 Å². The summed E-state index contributed by atoms with van der Waals surface area (Å²) < 4.78 is 6.33. The van der Waals surface area contributed by atoms with E-state index in [0.29, 0.717) is 18.8 Å². The molecule has 0 spiro atoms. The van der Waals surface area contributed by atoms with Crippen molar-refractivity contribution in [3.63, 3.8) is 0 Å². The van der Waals surface area contributed by atoms with Gasteiger partial charge in [0.25, 0.3) is 5.91 Å². The van der Waals surface area contributed by atoms with E-state index in [9.17, 15) is 4.79 Å². The molecular formula is C11H13IN2O2. The molecule has 16 heavy (non-hydrogen) atoms. The third kappa shape index (κ3) is 3.16. The Balaban J connectivity index is 1.94. The van der Waals surface area contributed by atoms with Gasteiger partial charge in [0.2, 0.25) is 0 Å². The Bertz CT molecular complexity index is 361. The Hall–Kier alpha value is -0.660. The number of halogens is 1. The van der Waals surface area contributed by atoms with E-state index in [4.69, 9.17) is 4.74 Å². The number of ether oxygens (including phenoxy) is 1. The lowest BCUT2D eigenvalue weighted by Gasteiger charge is -2.26. The zero-order valence-electron chi connectivity index (χ0n) is 8.78. The first kappa shape index (κ1) is 11.8. The lowest BCUT2D eigenvalue weighted by molar-refractivity contribution is 0.0126. The molecule has 1 aromatic rings. The lowest BCUT2D eigenvalue weighted by Crippen LogP contribution is -2.48. The number of hydrogen-bond donors (Lipinski definition) is 1. The molecule has 1 amide bonds. The van der Waals surface area contributed by atoms with Gasteiger partial charge in [-0.3, -0.25) is 10.2 Å². The first-order chi connectivity index (χ1) is 7.75. The van der Waals surface area contributed by atoms with Crippen LogP contribution in [0.15, 0.2) is 24.3 Å². The number of carbonyl (C=O) groups is 1. The van der Waals surface area contributed by atoms with Crippen molar-refractivity contribution < 1.29 is 9.53 Å². The molecule has 1 aliphatic heterocycles. The first-order valence-electron chi connectivity index (χ1n) is 5.15. The van der Waals surface area contributed by atoms with Crippen LogP contribution in [0.3, 0.4) is 0 Å². The fraction of sp³-hybridized carbons (Fsp3) is 0.364. The summed E-state index contributed by atoms with van der Waals surface area (Å²) in [5, 5.41) is 1.89. The number of nitrogens with one attached hydrogen (secondary N) is 1. The van der Waals surface area contributed by atoms with Gasteiger partial charge in [0.15, 0.2) is 0 Å². The number of carbonyl (C=O) groups excluding carboxylic acids is 1. The normalized spacial score (nSPS) is 17.1. The highest BCUT2D eigenvalue weighted by Gasteiger charge is 2.13. The highest BCUT2D eigenvalue weighted by molar-refractivity contribution is 14.1. The number of hydrazine groups is 1. The van der Waals surface area contributed by atoms with Gasteiger partial charge < -0.3 is 4.74 Å². The Kier molecular flexibility index (Phi) is 4.14. The summed E-state index contributed by atoms with van der Waals surface area (Å²) in [5.74, 6) is -0.0571. The molecule has 1 fully saturated rings. The monoisotopic (exact) mass is 332 g/mol. The fourth-order valence-electron chi connectivity index (χ4n) is 1.48. The number of morpholine rings is 1. The molecule has 0 saturated carbocycles. The van der Waals surface area contributed by atoms with E-state index in [1.165, 1.54) is 0 Å². The van der Waals surface area contributed by atoms with Crippen LogP contribution in [0.4, 0.5) is 0 Å². The fourth-order valence-corrected chi connectivity index (χ4v) is 1.84. The van der Waals surface area contributed by atoms with Crippen LogP contribution < -0.4 is 5.43 Å². The molecule has 4 nitrogen and oxygen atoms in total. The van der Waals surface area contributed by atoms with Crippen molar-refractivity contribution in [1.29, 1.82) is 0 Å². The van der Waals surface area contributed by atoms with Crippen LogP contribution in [0.25, 0.3) is 0 Å². The Morgan fingerprint density at radius 1 is 1.25 bits per heavy atom. The van der Waals surface area contributed by atoms with Crippen molar-refractivity contribution >= 4 is 28.5 Å². The van der Waals surface area contributed by atoms with Crippen LogP contribution in [0, 0.1) is 3.57 Å². The molecule has 0 radical (unpaired) electrons. The third-order valence-corrected chi connectivity index (χ3v) is 3.10. The molecular weight excluding hydrogens is 319 g/mol. The van der Waals surface area contributed by atoms with Gasteiger partial charge in [-0.25, -0.2) is 5.01 Å². The number of benzene rings is 1. The SMILES string of the molecule is O=C(NN1CCOCC1)c1ccc(I)cc1. The van der Waals surface area contributed by atoms with Crippen molar-refractivity contribution in [2.24, 2.45) is 0 Å². The molecule has 1 saturated heterocycles. The summed E-state index contributed by atoms with van der Waals surface area (Å²) in [7, 11) is 0. The summed E-state index contributed by atoms with van der Waals surface area (Å²) >= 11 is 2.22. The summed E-state index contributed by atoms with van der Waals surface area (Å²) in [6, 6.07) is 7.51. The average Bonchev–Trinajstić information content (AvgIpc) is 2.31. The maximum atomic E-state index is 11.8. The number of hydrogen-bond acceptors (Lipinski definition) is 3. The van der Waals surface area contributed by atoms with Crippen LogP contribution >= 0.6 is 22.6 Å². The molecule has 1 aliphatic rings. The second kappa shape index (κ2) is 5.60. The summed E-state index contributed by atoms with van der Waals surface area (Å²) in [6.07, 6.45) is 0. The maximum Gasteiger partial charge on any atom is 0.265 e. The van der Waals surface area contributed by atoms with Gasteiger partial charge >= 0.3 is 0 Å². The standard InChI is InChI=1S/C11H13IN2O2/c12-10-3-1-9(2-4-10)11(15)13-14-5-7-16-8-6-14/h1-4H,5-8H2,(H,13,15). The largest absolute Gasteiger partial charge is 0.379 e. The maximum absolute atomic E-state index is 11.8. The van der Waals surface area contributed by atoms with Crippen molar-refractivity contribution in [3.05, 3.63) is 33.4 Å². The smallest absolute Gasteiger partial charge is 0.265 e. The number of nitrogens with zero attached hydrogens (tertiary/aromatic N) is 1. The molecule has 0 aromatic heterocycles. The van der Waals surface area contributed by atoms with Crippen LogP contribution in [0.2, 0.25) is 0 Å². The predicted octanol–water partition coefficient (Wildman–Crippen LogP) is 1.27. The number of rotatable bonds is 2.